The van der Waals surface area contributed by atoms with Gasteiger partial charge in [0.05, 0.1) is 24.4 Å². The molecule has 18 heavy (non-hydrogen) atoms. The van der Waals surface area contributed by atoms with Crippen LogP contribution in [0.4, 0.5) is 17.1 Å². The van der Waals surface area contributed by atoms with E-state index in [2.05, 4.69) is 10.6 Å². The van der Waals surface area contributed by atoms with Gasteiger partial charge in [0.1, 0.15) is 0 Å². The van der Waals surface area contributed by atoms with Gasteiger partial charge in [-0.15, -0.1) is 0 Å². The molecule has 1 aromatic carbocycles. The highest BCUT2D eigenvalue weighted by Gasteiger charge is 2.19. The van der Waals surface area contributed by atoms with Crippen molar-refractivity contribution in [2.75, 3.05) is 29.6 Å². The van der Waals surface area contributed by atoms with E-state index in [4.69, 9.17) is 10.5 Å². The van der Waals surface area contributed by atoms with Gasteiger partial charge in [0.15, 0.2) is 0 Å². The standard InChI is InChI=1S/C13H19N3O2/c1-3-18-7-8(2)15-12-6-11-9(4-10(12)14)5-13(17)16-11/h4,6,8,15H,3,5,7,14H2,1-2H3,(H,16,17). The third kappa shape index (κ3) is 2.73. The van der Waals surface area contributed by atoms with Crippen molar-refractivity contribution >= 4 is 23.0 Å². The molecule has 1 amide bonds. The molecule has 4 N–H and O–H groups in total. The minimum atomic E-state index is 0.0175. The van der Waals surface area contributed by atoms with Gasteiger partial charge in [0, 0.05) is 18.3 Å². The summed E-state index contributed by atoms with van der Waals surface area (Å²) in [5, 5.41) is 6.10. The van der Waals surface area contributed by atoms with E-state index in [0.29, 0.717) is 25.3 Å². The Morgan fingerprint density at radius 2 is 2.33 bits per heavy atom. The summed E-state index contributed by atoms with van der Waals surface area (Å²) in [5.74, 6) is 0.0175. The van der Waals surface area contributed by atoms with Gasteiger partial charge in [0.2, 0.25) is 5.91 Å². The van der Waals surface area contributed by atoms with E-state index < -0.39 is 0 Å². The maximum Gasteiger partial charge on any atom is 0.228 e. The van der Waals surface area contributed by atoms with E-state index >= 15 is 0 Å². The summed E-state index contributed by atoms with van der Waals surface area (Å²) < 4.78 is 5.34. The average Bonchev–Trinajstić information content (AvgIpc) is 2.66. The molecule has 0 saturated heterocycles. The number of benzene rings is 1. The highest BCUT2D eigenvalue weighted by molar-refractivity contribution is 6.00. The Morgan fingerprint density at radius 1 is 1.56 bits per heavy atom. The number of hydrogen-bond donors (Lipinski definition) is 3. The Kier molecular flexibility index (Phi) is 3.72. The molecule has 98 valence electrons. The van der Waals surface area contributed by atoms with Crippen LogP contribution >= 0.6 is 0 Å². The number of ether oxygens (including phenoxy) is 1. The van der Waals surface area contributed by atoms with Gasteiger partial charge >= 0.3 is 0 Å². The lowest BCUT2D eigenvalue weighted by Gasteiger charge is -2.17. The zero-order valence-electron chi connectivity index (χ0n) is 10.7. The number of hydrogen-bond acceptors (Lipinski definition) is 4. The topological polar surface area (TPSA) is 76.4 Å². The molecule has 0 aliphatic carbocycles. The fraction of sp³-hybridized carbons (Fsp3) is 0.462. The predicted octanol–water partition coefficient (Wildman–Crippen LogP) is 1.60. The maximum atomic E-state index is 11.3. The molecule has 0 saturated carbocycles. The quantitative estimate of drug-likeness (QED) is 0.693. The number of rotatable bonds is 5. The molecule has 1 unspecified atom stereocenters. The van der Waals surface area contributed by atoms with Crippen LogP contribution in [0.2, 0.25) is 0 Å². The number of fused-ring (bicyclic) bond motifs is 1. The van der Waals surface area contributed by atoms with Crippen molar-refractivity contribution in [3.8, 4) is 0 Å². The molecule has 1 atom stereocenters. The van der Waals surface area contributed by atoms with Crippen molar-refractivity contribution < 1.29 is 9.53 Å². The molecule has 1 aliphatic rings. The monoisotopic (exact) mass is 249 g/mol. The Morgan fingerprint density at radius 3 is 3.06 bits per heavy atom. The Bertz CT molecular complexity index is 460. The highest BCUT2D eigenvalue weighted by atomic mass is 16.5. The maximum absolute atomic E-state index is 11.3. The van der Waals surface area contributed by atoms with Gasteiger partial charge in [0.25, 0.3) is 0 Å². The van der Waals surface area contributed by atoms with E-state index in [9.17, 15) is 4.79 Å². The first-order chi connectivity index (χ1) is 8.60. The number of amides is 1. The van der Waals surface area contributed by atoms with Gasteiger partial charge in [-0.3, -0.25) is 4.79 Å². The summed E-state index contributed by atoms with van der Waals surface area (Å²) in [6, 6.07) is 3.91. The minimum absolute atomic E-state index is 0.0175. The van der Waals surface area contributed by atoms with Crippen molar-refractivity contribution in [1.29, 1.82) is 0 Å². The van der Waals surface area contributed by atoms with E-state index in [1.807, 2.05) is 26.0 Å². The molecule has 1 aliphatic heterocycles. The summed E-state index contributed by atoms with van der Waals surface area (Å²) in [6.45, 7) is 5.31. The second-order valence-electron chi connectivity index (χ2n) is 4.53. The van der Waals surface area contributed by atoms with Crippen molar-refractivity contribution in [2.24, 2.45) is 0 Å². The minimum Gasteiger partial charge on any atom is -0.397 e. The number of nitrogens with two attached hydrogens (primary N) is 1. The molecule has 2 rings (SSSR count). The summed E-state index contributed by atoms with van der Waals surface area (Å²) in [6.07, 6.45) is 0.411. The smallest absolute Gasteiger partial charge is 0.228 e. The number of anilines is 3. The zero-order valence-corrected chi connectivity index (χ0v) is 10.7. The second kappa shape index (κ2) is 5.27. The zero-order chi connectivity index (χ0) is 13.1. The second-order valence-corrected chi connectivity index (χ2v) is 4.53. The van der Waals surface area contributed by atoms with Crippen LogP contribution in [0.25, 0.3) is 0 Å². The lowest BCUT2D eigenvalue weighted by atomic mass is 10.1. The largest absolute Gasteiger partial charge is 0.397 e. The fourth-order valence-corrected chi connectivity index (χ4v) is 2.02. The molecular formula is C13H19N3O2. The average molecular weight is 249 g/mol. The van der Waals surface area contributed by atoms with Crippen LogP contribution in [0.1, 0.15) is 19.4 Å². The number of carbonyl (C=O) groups is 1. The number of nitrogen functional groups attached to an aromatic ring is 1. The van der Waals surface area contributed by atoms with Crippen molar-refractivity contribution in [1.82, 2.24) is 0 Å². The van der Waals surface area contributed by atoms with Gasteiger partial charge in [-0.2, -0.15) is 0 Å². The van der Waals surface area contributed by atoms with E-state index in [1.54, 1.807) is 0 Å². The molecule has 1 aromatic rings. The summed E-state index contributed by atoms with van der Waals surface area (Å²) in [4.78, 5) is 11.3. The van der Waals surface area contributed by atoms with Crippen LogP contribution in [0.5, 0.6) is 0 Å². The van der Waals surface area contributed by atoms with Crippen molar-refractivity contribution in [3.63, 3.8) is 0 Å². The number of nitrogens with one attached hydrogen (secondary N) is 2. The van der Waals surface area contributed by atoms with Crippen LogP contribution in [-0.4, -0.2) is 25.2 Å². The predicted molar refractivity (Wildman–Crippen MR) is 72.8 cm³/mol. The van der Waals surface area contributed by atoms with Crippen LogP contribution in [0, 0.1) is 0 Å². The SMILES string of the molecule is CCOCC(C)Nc1cc2c(cc1N)CC(=O)N2. The molecule has 5 heteroatoms. The lowest BCUT2D eigenvalue weighted by molar-refractivity contribution is -0.115. The fourth-order valence-electron chi connectivity index (χ4n) is 2.02. The summed E-state index contributed by atoms with van der Waals surface area (Å²) in [5.41, 5.74) is 9.28. The summed E-state index contributed by atoms with van der Waals surface area (Å²) in [7, 11) is 0. The van der Waals surface area contributed by atoms with Gasteiger partial charge < -0.3 is 21.1 Å². The van der Waals surface area contributed by atoms with E-state index in [0.717, 1.165) is 16.9 Å². The molecular weight excluding hydrogens is 230 g/mol. The molecule has 0 bridgehead atoms. The first kappa shape index (κ1) is 12.7. The first-order valence-electron chi connectivity index (χ1n) is 6.16. The van der Waals surface area contributed by atoms with Gasteiger partial charge in [-0.05, 0) is 31.5 Å². The Hall–Kier alpha value is -1.75. The Balaban J connectivity index is 2.10. The molecule has 0 radical (unpaired) electrons. The molecule has 1 heterocycles. The van der Waals surface area contributed by atoms with Gasteiger partial charge in [-0.25, -0.2) is 0 Å². The normalized spacial score (nSPS) is 15.1. The van der Waals surface area contributed by atoms with Crippen molar-refractivity contribution in [2.45, 2.75) is 26.3 Å². The molecule has 0 spiro atoms. The highest BCUT2D eigenvalue weighted by Crippen LogP contribution is 2.31. The van der Waals surface area contributed by atoms with Crippen molar-refractivity contribution in [3.05, 3.63) is 17.7 Å². The number of carbonyl (C=O) groups excluding carboxylic acids is 1. The first-order valence-corrected chi connectivity index (χ1v) is 6.16. The third-order valence-corrected chi connectivity index (χ3v) is 2.87. The van der Waals surface area contributed by atoms with Crippen LogP contribution in [-0.2, 0) is 16.0 Å². The molecule has 0 fully saturated rings. The third-order valence-electron chi connectivity index (χ3n) is 2.87. The van der Waals surface area contributed by atoms with E-state index in [1.165, 1.54) is 0 Å². The summed E-state index contributed by atoms with van der Waals surface area (Å²) >= 11 is 0. The molecule has 0 aromatic heterocycles. The Labute approximate surface area is 107 Å². The van der Waals surface area contributed by atoms with Gasteiger partial charge in [-0.1, -0.05) is 0 Å². The van der Waals surface area contributed by atoms with Crippen LogP contribution in [0.3, 0.4) is 0 Å². The van der Waals surface area contributed by atoms with E-state index in [-0.39, 0.29) is 11.9 Å². The molecule has 5 nitrogen and oxygen atoms in total. The van der Waals surface area contributed by atoms with Crippen LogP contribution in [0.15, 0.2) is 12.1 Å². The lowest BCUT2D eigenvalue weighted by Crippen LogP contribution is -2.22. The van der Waals surface area contributed by atoms with Crippen LogP contribution < -0.4 is 16.4 Å².